The first kappa shape index (κ1) is 5.65. The molecule has 0 bridgehead atoms. The molecule has 0 saturated carbocycles. The van der Waals surface area contributed by atoms with Crippen molar-refractivity contribution < 1.29 is 14.2 Å². The average molecular weight is 130 g/mol. The van der Waals surface area contributed by atoms with Crippen LogP contribution < -0.4 is 0 Å². The van der Waals surface area contributed by atoms with Crippen LogP contribution in [0.15, 0.2) is 0 Å². The van der Waals surface area contributed by atoms with Gasteiger partial charge in [0.1, 0.15) is 12.2 Å². The third kappa shape index (κ3) is 0.689. The van der Waals surface area contributed by atoms with Gasteiger partial charge in [-0.1, -0.05) is 0 Å². The molecule has 0 spiro atoms. The maximum absolute atomic E-state index is 5.33. The van der Waals surface area contributed by atoms with Crippen LogP contribution in [0.4, 0.5) is 0 Å². The van der Waals surface area contributed by atoms with Crippen molar-refractivity contribution >= 4 is 0 Å². The molecule has 0 N–H and O–H groups in total. The van der Waals surface area contributed by atoms with Gasteiger partial charge >= 0.3 is 0 Å². The summed E-state index contributed by atoms with van der Waals surface area (Å²) in [6.45, 7) is 2.00. The van der Waals surface area contributed by atoms with Gasteiger partial charge in [0.15, 0.2) is 6.29 Å². The highest BCUT2D eigenvalue weighted by Crippen LogP contribution is 2.38. The highest BCUT2D eigenvalue weighted by Gasteiger charge is 2.56. The number of epoxide rings is 1. The van der Waals surface area contributed by atoms with Crippen LogP contribution in [0.2, 0.25) is 0 Å². The topological polar surface area (TPSA) is 31.0 Å². The zero-order chi connectivity index (χ0) is 6.43. The molecule has 9 heavy (non-hydrogen) atoms. The van der Waals surface area contributed by atoms with Crippen molar-refractivity contribution in [2.24, 2.45) is 0 Å². The summed E-state index contributed by atoms with van der Waals surface area (Å²) >= 11 is 0. The van der Waals surface area contributed by atoms with E-state index in [9.17, 15) is 0 Å². The van der Waals surface area contributed by atoms with Gasteiger partial charge < -0.3 is 14.2 Å². The smallest absolute Gasteiger partial charge is 0.186 e. The molecule has 0 radical (unpaired) electrons. The Bertz CT molecular complexity index is 125. The molecule has 1 unspecified atom stereocenters. The van der Waals surface area contributed by atoms with Crippen LogP contribution in [0.25, 0.3) is 0 Å². The lowest BCUT2D eigenvalue weighted by Gasteiger charge is -2.11. The van der Waals surface area contributed by atoms with E-state index in [0.29, 0.717) is 6.10 Å². The first-order valence-electron chi connectivity index (χ1n) is 3.16. The third-order valence-electron chi connectivity index (χ3n) is 1.87. The van der Waals surface area contributed by atoms with Gasteiger partial charge in [0.05, 0.1) is 6.10 Å². The normalized spacial score (nSPS) is 55.3. The van der Waals surface area contributed by atoms with E-state index in [2.05, 4.69) is 0 Å². The number of hydrogen-bond acceptors (Lipinski definition) is 3. The Kier molecular flexibility index (Phi) is 1.06. The van der Waals surface area contributed by atoms with E-state index in [1.807, 2.05) is 6.92 Å². The zero-order valence-corrected chi connectivity index (χ0v) is 5.53. The maximum atomic E-state index is 5.33. The number of rotatable bonds is 1. The van der Waals surface area contributed by atoms with Gasteiger partial charge in [0.2, 0.25) is 0 Å². The van der Waals surface area contributed by atoms with E-state index >= 15 is 0 Å². The summed E-state index contributed by atoms with van der Waals surface area (Å²) < 4.78 is 15.5. The molecular weight excluding hydrogens is 120 g/mol. The highest BCUT2D eigenvalue weighted by atomic mass is 16.8. The number of ether oxygens (including phenoxy) is 3. The molecule has 0 aromatic heterocycles. The number of fused-ring (bicyclic) bond motifs is 1. The van der Waals surface area contributed by atoms with Gasteiger partial charge in [-0.2, -0.15) is 0 Å². The predicted octanol–water partition coefficient (Wildman–Crippen LogP) is 0.145. The molecule has 0 amide bonds. The Morgan fingerprint density at radius 1 is 1.22 bits per heavy atom. The minimum atomic E-state index is -0.106. The van der Waals surface area contributed by atoms with Gasteiger partial charge in [0, 0.05) is 7.11 Å². The summed E-state index contributed by atoms with van der Waals surface area (Å²) in [6, 6.07) is 0. The van der Waals surface area contributed by atoms with Gasteiger partial charge in [0.25, 0.3) is 0 Å². The van der Waals surface area contributed by atoms with Gasteiger partial charge in [-0.3, -0.25) is 0 Å². The van der Waals surface area contributed by atoms with E-state index in [-0.39, 0.29) is 18.5 Å². The fraction of sp³-hybridized carbons (Fsp3) is 1.00. The minimum Gasteiger partial charge on any atom is -0.361 e. The van der Waals surface area contributed by atoms with Crippen molar-refractivity contribution in [1.29, 1.82) is 0 Å². The van der Waals surface area contributed by atoms with Gasteiger partial charge in [-0.05, 0) is 6.92 Å². The number of methoxy groups -OCH3 is 1. The lowest BCUT2D eigenvalue weighted by molar-refractivity contribution is -0.154. The number of hydrogen-bond donors (Lipinski definition) is 0. The first-order chi connectivity index (χ1) is 4.33. The molecule has 2 fully saturated rings. The molecular formula is C6H10O3. The second-order valence-electron chi connectivity index (χ2n) is 2.51. The molecule has 2 aliphatic heterocycles. The molecule has 3 heteroatoms. The van der Waals surface area contributed by atoms with E-state index in [0.717, 1.165) is 0 Å². The standard InChI is InChI=1S/C6H10O3/c1-3-4-5(9-4)6(7-2)8-3/h3-6H,1-2H3/t3-,4-,5-,6?/m1/s1. The SMILES string of the molecule is COC1O[C@H](C)[C@H]2O[C@@H]12. The van der Waals surface area contributed by atoms with E-state index in [4.69, 9.17) is 14.2 Å². The van der Waals surface area contributed by atoms with Gasteiger partial charge in [-0.15, -0.1) is 0 Å². The molecule has 0 aromatic rings. The van der Waals surface area contributed by atoms with Crippen molar-refractivity contribution in [2.75, 3.05) is 7.11 Å². The minimum absolute atomic E-state index is 0.106. The Labute approximate surface area is 53.9 Å². The van der Waals surface area contributed by atoms with Crippen LogP contribution in [0.3, 0.4) is 0 Å². The molecule has 2 saturated heterocycles. The Morgan fingerprint density at radius 3 is 2.22 bits per heavy atom. The third-order valence-corrected chi connectivity index (χ3v) is 1.87. The lowest BCUT2D eigenvalue weighted by Crippen LogP contribution is -2.18. The fourth-order valence-electron chi connectivity index (χ4n) is 1.29. The fourth-order valence-corrected chi connectivity index (χ4v) is 1.29. The molecule has 52 valence electrons. The summed E-state index contributed by atoms with van der Waals surface area (Å²) in [7, 11) is 1.64. The Balaban J connectivity index is 2.00. The quantitative estimate of drug-likeness (QED) is 0.473. The average Bonchev–Trinajstić information content (AvgIpc) is 2.56. The van der Waals surface area contributed by atoms with Crippen LogP contribution >= 0.6 is 0 Å². The van der Waals surface area contributed by atoms with Crippen molar-refractivity contribution in [3.05, 3.63) is 0 Å². The van der Waals surface area contributed by atoms with Crippen LogP contribution in [0, 0.1) is 0 Å². The van der Waals surface area contributed by atoms with Crippen LogP contribution in [0.1, 0.15) is 6.92 Å². The largest absolute Gasteiger partial charge is 0.361 e. The second-order valence-corrected chi connectivity index (χ2v) is 2.51. The van der Waals surface area contributed by atoms with Crippen LogP contribution in [-0.2, 0) is 14.2 Å². The van der Waals surface area contributed by atoms with Crippen molar-refractivity contribution in [2.45, 2.75) is 31.5 Å². The Hall–Kier alpha value is -0.120. The molecule has 2 rings (SSSR count). The summed E-state index contributed by atoms with van der Waals surface area (Å²) in [4.78, 5) is 0. The predicted molar refractivity (Wildman–Crippen MR) is 30.0 cm³/mol. The van der Waals surface area contributed by atoms with Gasteiger partial charge in [-0.25, -0.2) is 0 Å². The van der Waals surface area contributed by atoms with E-state index < -0.39 is 0 Å². The molecule has 2 aliphatic rings. The molecule has 0 aromatic carbocycles. The molecule has 2 heterocycles. The molecule has 3 nitrogen and oxygen atoms in total. The summed E-state index contributed by atoms with van der Waals surface area (Å²) in [5, 5.41) is 0. The lowest BCUT2D eigenvalue weighted by atomic mass is 10.3. The first-order valence-corrected chi connectivity index (χ1v) is 3.16. The summed E-state index contributed by atoms with van der Waals surface area (Å²) in [5.41, 5.74) is 0. The monoisotopic (exact) mass is 130 g/mol. The zero-order valence-electron chi connectivity index (χ0n) is 5.53. The highest BCUT2D eigenvalue weighted by molar-refractivity contribution is 4.98. The summed E-state index contributed by atoms with van der Waals surface area (Å²) in [6.07, 6.45) is 0.657. The molecule has 4 atom stereocenters. The van der Waals surface area contributed by atoms with Crippen molar-refractivity contribution in [3.63, 3.8) is 0 Å². The van der Waals surface area contributed by atoms with Crippen LogP contribution in [-0.4, -0.2) is 31.7 Å². The summed E-state index contributed by atoms with van der Waals surface area (Å²) in [5.74, 6) is 0. The van der Waals surface area contributed by atoms with E-state index in [1.54, 1.807) is 7.11 Å². The van der Waals surface area contributed by atoms with E-state index in [1.165, 1.54) is 0 Å². The van der Waals surface area contributed by atoms with Crippen molar-refractivity contribution in [3.8, 4) is 0 Å². The second kappa shape index (κ2) is 1.68. The molecule has 0 aliphatic carbocycles. The van der Waals surface area contributed by atoms with Crippen LogP contribution in [0.5, 0.6) is 0 Å². The maximum Gasteiger partial charge on any atom is 0.186 e. The van der Waals surface area contributed by atoms with Crippen molar-refractivity contribution in [1.82, 2.24) is 0 Å². The Morgan fingerprint density at radius 2 is 2.00 bits per heavy atom.